The quantitative estimate of drug-likeness (QED) is 0.862. The number of aryl methyl sites for hydroxylation is 2. The van der Waals surface area contributed by atoms with Crippen molar-refractivity contribution in [1.82, 2.24) is 14.9 Å². The zero-order valence-corrected chi connectivity index (χ0v) is 13.7. The second kappa shape index (κ2) is 7.11. The number of benzene rings is 1. The van der Waals surface area contributed by atoms with Gasteiger partial charge in [0.25, 0.3) is 5.91 Å². The minimum absolute atomic E-state index is 0.0203. The smallest absolute Gasteiger partial charge is 0.251 e. The number of hydrogen-bond donors (Lipinski definition) is 2. The summed E-state index contributed by atoms with van der Waals surface area (Å²) in [6, 6.07) is 5.90. The maximum absolute atomic E-state index is 12.1. The summed E-state index contributed by atoms with van der Waals surface area (Å²) in [5.41, 5.74) is 2.76. The van der Waals surface area contributed by atoms with E-state index < -0.39 is 0 Å². The van der Waals surface area contributed by atoms with Crippen molar-refractivity contribution in [3.05, 3.63) is 47.5 Å². The molecular formula is C17H24N4O. The fourth-order valence-corrected chi connectivity index (χ4v) is 2.15. The largest absolute Gasteiger partial charge is 0.378 e. The second-order valence-corrected chi connectivity index (χ2v) is 5.62. The maximum atomic E-state index is 12.1. The lowest BCUT2D eigenvalue weighted by molar-refractivity contribution is 0.0939. The normalized spacial score (nSPS) is 12.0. The zero-order valence-electron chi connectivity index (χ0n) is 13.7. The number of nitrogens with one attached hydrogen (secondary N) is 2. The average Bonchev–Trinajstić information content (AvgIpc) is 2.91. The van der Waals surface area contributed by atoms with Gasteiger partial charge in [-0.05, 0) is 44.0 Å². The average molecular weight is 300 g/mol. The Balaban J connectivity index is 2.03. The summed E-state index contributed by atoms with van der Waals surface area (Å²) >= 11 is 0. The van der Waals surface area contributed by atoms with Crippen LogP contribution in [0.2, 0.25) is 0 Å². The van der Waals surface area contributed by atoms with Crippen LogP contribution in [0.1, 0.15) is 42.0 Å². The van der Waals surface area contributed by atoms with E-state index in [2.05, 4.69) is 22.5 Å². The van der Waals surface area contributed by atoms with Gasteiger partial charge in [0.15, 0.2) is 0 Å². The van der Waals surface area contributed by atoms with Crippen molar-refractivity contribution in [2.45, 2.75) is 39.8 Å². The summed E-state index contributed by atoms with van der Waals surface area (Å²) in [7, 11) is 1.97. The Morgan fingerprint density at radius 1 is 1.41 bits per heavy atom. The van der Waals surface area contributed by atoms with E-state index in [1.165, 1.54) is 0 Å². The molecule has 1 amide bonds. The van der Waals surface area contributed by atoms with Crippen LogP contribution in [0.5, 0.6) is 0 Å². The molecule has 22 heavy (non-hydrogen) atoms. The van der Waals surface area contributed by atoms with Gasteiger partial charge in [-0.3, -0.25) is 4.79 Å². The van der Waals surface area contributed by atoms with Gasteiger partial charge in [-0.1, -0.05) is 6.92 Å². The van der Waals surface area contributed by atoms with Gasteiger partial charge in [-0.25, -0.2) is 4.98 Å². The first-order valence-corrected chi connectivity index (χ1v) is 7.62. The van der Waals surface area contributed by atoms with Crippen molar-refractivity contribution in [1.29, 1.82) is 0 Å². The van der Waals surface area contributed by atoms with Gasteiger partial charge >= 0.3 is 0 Å². The molecule has 2 aromatic rings. The summed E-state index contributed by atoms with van der Waals surface area (Å²) < 4.78 is 1.98. The van der Waals surface area contributed by atoms with E-state index in [4.69, 9.17) is 0 Å². The first-order valence-electron chi connectivity index (χ1n) is 7.62. The van der Waals surface area contributed by atoms with Crippen molar-refractivity contribution in [3.63, 3.8) is 0 Å². The van der Waals surface area contributed by atoms with Crippen LogP contribution in [0.3, 0.4) is 0 Å². The van der Waals surface area contributed by atoms with Crippen LogP contribution >= 0.6 is 0 Å². The van der Waals surface area contributed by atoms with Crippen molar-refractivity contribution >= 4 is 11.6 Å². The number of nitrogens with zero attached hydrogens (tertiary/aromatic N) is 2. The third-order valence-electron chi connectivity index (χ3n) is 3.84. The van der Waals surface area contributed by atoms with Crippen LogP contribution in [0.25, 0.3) is 0 Å². The van der Waals surface area contributed by atoms with E-state index in [0.717, 1.165) is 23.5 Å². The minimum Gasteiger partial charge on any atom is -0.378 e. The molecule has 5 heteroatoms. The van der Waals surface area contributed by atoms with Gasteiger partial charge in [0.2, 0.25) is 0 Å². The number of amides is 1. The summed E-state index contributed by atoms with van der Waals surface area (Å²) in [4.78, 5) is 16.4. The van der Waals surface area contributed by atoms with Crippen LogP contribution in [-0.2, 0) is 13.6 Å². The number of carbonyl (C=O) groups is 1. The summed E-state index contributed by atoms with van der Waals surface area (Å²) in [6.45, 7) is 6.72. The Morgan fingerprint density at radius 2 is 2.18 bits per heavy atom. The van der Waals surface area contributed by atoms with Crippen LogP contribution in [0.15, 0.2) is 30.6 Å². The molecule has 118 valence electrons. The highest BCUT2D eigenvalue weighted by molar-refractivity contribution is 5.95. The molecule has 1 aromatic heterocycles. The number of hydrogen-bond acceptors (Lipinski definition) is 3. The van der Waals surface area contributed by atoms with Crippen LogP contribution in [-0.4, -0.2) is 21.5 Å². The van der Waals surface area contributed by atoms with Crippen LogP contribution in [0.4, 0.5) is 5.69 Å². The fraction of sp³-hybridized carbons (Fsp3) is 0.412. The molecule has 1 atom stereocenters. The second-order valence-electron chi connectivity index (χ2n) is 5.62. The van der Waals surface area contributed by atoms with Gasteiger partial charge in [0.05, 0.1) is 6.54 Å². The summed E-state index contributed by atoms with van der Waals surface area (Å²) in [5.74, 6) is 0.950. The molecule has 0 saturated carbocycles. The lowest BCUT2D eigenvalue weighted by Crippen LogP contribution is -2.31. The van der Waals surface area contributed by atoms with E-state index >= 15 is 0 Å². The SMILES string of the molecule is CCC(C)NC(=O)c1ccc(NCc2nccn2C)c(C)c1. The highest BCUT2D eigenvalue weighted by Crippen LogP contribution is 2.17. The predicted octanol–water partition coefficient (Wildman–Crippen LogP) is 2.87. The standard InChI is InChI=1S/C17H24N4O/c1-5-13(3)20-17(22)14-6-7-15(12(2)10-14)19-11-16-18-8-9-21(16)4/h6-10,13,19H,5,11H2,1-4H3,(H,20,22). The van der Waals surface area contributed by atoms with Crippen LogP contribution in [0, 0.1) is 6.92 Å². The molecule has 1 heterocycles. The molecule has 0 aliphatic carbocycles. The van der Waals surface area contributed by atoms with Crippen molar-refractivity contribution in [3.8, 4) is 0 Å². The molecule has 0 spiro atoms. The monoisotopic (exact) mass is 300 g/mol. The summed E-state index contributed by atoms with van der Waals surface area (Å²) in [5, 5.41) is 6.34. The van der Waals surface area contributed by atoms with Crippen molar-refractivity contribution in [2.24, 2.45) is 7.05 Å². The highest BCUT2D eigenvalue weighted by Gasteiger charge is 2.10. The molecule has 0 radical (unpaired) electrons. The van der Waals surface area contributed by atoms with Crippen molar-refractivity contribution in [2.75, 3.05) is 5.32 Å². The summed E-state index contributed by atoms with van der Waals surface area (Å²) in [6.07, 6.45) is 4.63. The van der Waals surface area contributed by atoms with E-state index in [0.29, 0.717) is 12.1 Å². The highest BCUT2D eigenvalue weighted by atomic mass is 16.1. The molecule has 5 nitrogen and oxygen atoms in total. The molecule has 0 aliphatic rings. The molecule has 0 fully saturated rings. The van der Waals surface area contributed by atoms with Gasteiger partial charge in [-0.15, -0.1) is 0 Å². The molecule has 0 bridgehead atoms. The third-order valence-corrected chi connectivity index (χ3v) is 3.84. The molecule has 2 N–H and O–H groups in total. The minimum atomic E-state index is -0.0203. The maximum Gasteiger partial charge on any atom is 0.251 e. The van der Waals surface area contributed by atoms with E-state index in [-0.39, 0.29) is 11.9 Å². The van der Waals surface area contributed by atoms with E-state index in [9.17, 15) is 4.79 Å². The Hall–Kier alpha value is -2.30. The van der Waals surface area contributed by atoms with Gasteiger partial charge in [-0.2, -0.15) is 0 Å². The molecule has 0 saturated heterocycles. The predicted molar refractivity (Wildman–Crippen MR) is 88.9 cm³/mol. The Morgan fingerprint density at radius 3 is 2.77 bits per heavy atom. The molecule has 1 aromatic carbocycles. The van der Waals surface area contributed by atoms with Crippen molar-refractivity contribution < 1.29 is 4.79 Å². The lowest BCUT2D eigenvalue weighted by Gasteiger charge is -2.14. The third kappa shape index (κ3) is 3.87. The lowest BCUT2D eigenvalue weighted by atomic mass is 10.1. The van der Waals surface area contributed by atoms with E-state index in [1.54, 1.807) is 6.20 Å². The fourth-order valence-electron chi connectivity index (χ4n) is 2.15. The van der Waals surface area contributed by atoms with E-state index in [1.807, 2.05) is 49.9 Å². The Labute approximate surface area is 131 Å². The van der Waals surface area contributed by atoms with Gasteiger partial charge in [0, 0.05) is 36.7 Å². The molecule has 2 rings (SSSR count). The van der Waals surface area contributed by atoms with Gasteiger partial charge in [0.1, 0.15) is 5.82 Å². The number of aromatic nitrogens is 2. The Kier molecular flexibility index (Phi) is 5.20. The van der Waals surface area contributed by atoms with Gasteiger partial charge < -0.3 is 15.2 Å². The molecular weight excluding hydrogens is 276 g/mol. The number of anilines is 1. The molecule has 0 aliphatic heterocycles. The number of rotatable bonds is 6. The molecule has 1 unspecified atom stereocenters. The first kappa shape index (κ1) is 16.1. The topological polar surface area (TPSA) is 59.0 Å². The zero-order chi connectivity index (χ0) is 16.1. The number of carbonyl (C=O) groups excluding carboxylic acids is 1. The first-order chi connectivity index (χ1) is 10.5. The number of imidazole rings is 1. The Bertz CT molecular complexity index is 648. The van der Waals surface area contributed by atoms with Crippen LogP contribution < -0.4 is 10.6 Å².